The third kappa shape index (κ3) is 5.99. The fourth-order valence-electron chi connectivity index (χ4n) is 2.35. The number of benzene rings is 2. The molecular formula is C19H14F3N5O2S. The van der Waals surface area contributed by atoms with Gasteiger partial charge in [-0.25, -0.2) is 4.98 Å². The molecule has 0 radical (unpaired) electrons. The number of rotatable bonds is 7. The normalized spacial score (nSPS) is 11.0. The second-order valence-corrected chi connectivity index (χ2v) is 6.92. The van der Waals surface area contributed by atoms with Crippen molar-refractivity contribution in [3.05, 3.63) is 65.5 Å². The fourth-order valence-corrected chi connectivity index (χ4v) is 3.09. The number of carbonyl (C=O) groups excluding carboxylic acids is 1. The standard InChI is InChI=1S/C19H14F3N5O2S/c20-19(21,22)10-29-16-6-5-15(7-14(16)8-23)26-17(28)13-3-1-12(2-4-13)9-30-18-24-11-25-27-18/h1-7,11H,9-10H2,(H,26,28)(H,24,25,27). The van der Waals surface area contributed by atoms with Crippen LogP contribution in [0.25, 0.3) is 0 Å². The van der Waals surface area contributed by atoms with E-state index in [0.29, 0.717) is 16.5 Å². The zero-order valence-electron chi connectivity index (χ0n) is 15.2. The largest absolute Gasteiger partial charge is 0.483 e. The highest BCUT2D eigenvalue weighted by molar-refractivity contribution is 7.98. The van der Waals surface area contributed by atoms with E-state index in [-0.39, 0.29) is 17.0 Å². The molecule has 3 rings (SSSR count). The number of carbonyl (C=O) groups is 1. The number of aromatic nitrogens is 3. The van der Waals surface area contributed by atoms with Gasteiger partial charge in [-0.1, -0.05) is 23.9 Å². The van der Waals surface area contributed by atoms with Crippen molar-refractivity contribution in [1.29, 1.82) is 5.26 Å². The highest BCUT2D eigenvalue weighted by Crippen LogP contribution is 2.25. The Hall–Kier alpha value is -3.52. The third-order valence-electron chi connectivity index (χ3n) is 3.73. The van der Waals surface area contributed by atoms with Crippen molar-refractivity contribution in [2.45, 2.75) is 17.1 Å². The number of nitriles is 1. The first-order valence-corrected chi connectivity index (χ1v) is 9.45. The number of hydrogen-bond acceptors (Lipinski definition) is 6. The minimum Gasteiger partial charge on any atom is -0.483 e. The van der Waals surface area contributed by atoms with E-state index < -0.39 is 18.7 Å². The summed E-state index contributed by atoms with van der Waals surface area (Å²) in [5, 5.41) is 18.9. The van der Waals surface area contributed by atoms with Crippen molar-refractivity contribution in [2.24, 2.45) is 0 Å². The summed E-state index contributed by atoms with van der Waals surface area (Å²) in [7, 11) is 0. The van der Waals surface area contributed by atoms with Gasteiger partial charge in [-0.3, -0.25) is 9.89 Å². The summed E-state index contributed by atoms with van der Waals surface area (Å²) in [6.07, 6.45) is -3.10. The maximum Gasteiger partial charge on any atom is 0.422 e. The predicted molar refractivity (Wildman–Crippen MR) is 103 cm³/mol. The number of hydrogen-bond donors (Lipinski definition) is 2. The number of H-pyrrole nitrogens is 1. The molecule has 3 aromatic rings. The summed E-state index contributed by atoms with van der Waals surface area (Å²) in [6, 6.07) is 12.5. The van der Waals surface area contributed by atoms with Crippen LogP contribution in [0, 0.1) is 11.3 Å². The van der Waals surface area contributed by atoms with Gasteiger partial charge in [0.15, 0.2) is 11.8 Å². The lowest BCUT2D eigenvalue weighted by Crippen LogP contribution is -2.19. The molecule has 7 nitrogen and oxygen atoms in total. The van der Waals surface area contributed by atoms with Crippen LogP contribution in [0.5, 0.6) is 5.75 Å². The number of amides is 1. The average Bonchev–Trinajstić information content (AvgIpc) is 3.24. The van der Waals surface area contributed by atoms with Gasteiger partial charge in [-0.2, -0.15) is 23.5 Å². The topological polar surface area (TPSA) is 104 Å². The zero-order chi connectivity index (χ0) is 21.6. The van der Waals surface area contributed by atoms with E-state index in [4.69, 9.17) is 5.26 Å². The molecule has 0 aliphatic heterocycles. The molecule has 11 heteroatoms. The Morgan fingerprint density at radius 1 is 1.23 bits per heavy atom. The van der Waals surface area contributed by atoms with E-state index in [1.165, 1.54) is 36.3 Å². The van der Waals surface area contributed by atoms with Crippen LogP contribution in [0.15, 0.2) is 53.9 Å². The number of thioether (sulfide) groups is 1. The fraction of sp³-hybridized carbons (Fsp3) is 0.158. The number of alkyl halides is 3. The Bertz CT molecular complexity index is 1050. The van der Waals surface area contributed by atoms with Crippen molar-refractivity contribution >= 4 is 23.4 Å². The number of ether oxygens (including phenoxy) is 1. The molecule has 0 saturated carbocycles. The Morgan fingerprint density at radius 3 is 2.63 bits per heavy atom. The van der Waals surface area contributed by atoms with Gasteiger partial charge < -0.3 is 10.1 Å². The number of anilines is 1. The minimum absolute atomic E-state index is 0.114. The van der Waals surface area contributed by atoms with Crippen LogP contribution in [0.2, 0.25) is 0 Å². The van der Waals surface area contributed by atoms with E-state index in [9.17, 15) is 18.0 Å². The molecule has 0 saturated heterocycles. The lowest BCUT2D eigenvalue weighted by Gasteiger charge is -2.12. The summed E-state index contributed by atoms with van der Waals surface area (Å²) < 4.78 is 41.5. The van der Waals surface area contributed by atoms with Crippen LogP contribution in [0.3, 0.4) is 0 Å². The molecule has 30 heavy (non-hydrogen) atoms. The Morgan fingerprint density at radius 2 is 2.00 bits per heavy atom. The van der Waals surface area contributed by atoms with Crippen molar-refractivity contribution in [3.8, 4) is 11.8 Å². The number of nitrogens with one attached hydrogen (secondary N) is 2. The van der Waals surface area contributed by atoms with Gasteiger partial charge in [0.05, 0.1) is 5.56 Å². The molecule has 1 aromatic heterocycles. The number of halogens is 3. The number of nitrogens with zero attached hydrogens (tertiary/aromatic N) is 3. The first kappa shape index (κ1) is 21.2. The molecule has 0 unspecified atom stereocenters. The van der Waals surface area contributed by atoms with Crippen LogP contribution < -0.4 is 10.1 Å². The van der Waals surface area contributed by atoms with Gasteiger partial charge in [-0.05, 0) is 35.9 Å². The van der Waals surface area contributed by atoms with Gasteiger partial charge in [0.1, 0.15) is 18.1 Å². The molecule has 154 valence electrons. The lowest BCUT2D eigenvalue weighted by molar-refractivity contribution is -0.153. The molecule has 1 amide bonds. The van der Waals surface area contributed by atoms with Crippen LogP contribution in [-0.2, 0) is 5.75 Å². The predicted octanol–water partition coefficient (Wildman–Crippen LogP) is 4.16. The van der Waals surface area contributed by atoms with Crippen LogP contribution in [-0.4, -0.2) is 33.9 Å². The molecule has 1 heterocycles. The molecule has 2 aromatic carbocycles. The van der Waals surface area contributed by atoms with Crippen LogP contribution in [0.1, 0.15) is 21.5 Å². The molecule has 0 atom stereocenters. The third-order valence-corrected chi connectivity index (χ3v) is 4.68. The summed E-state index contributed by atoms with van der Waals surface area (Å²) in [5.74, 6) is 0.0147. The highest BCUT2D eigenvalue weighted by Gasteiger charge is 2.28. The average molecular weight is 433 g/mol. The summed E-state index contributed by atoms with van der Waals surface area (Å²) in [4.78, 5) is 16.4. The smallest absolute Gasteiger partial charge is 0.422 e. The summed E-state index contributed by atoms with van der Waals surface area (Å²) in [5.41, 5.74) is 1.52. The Labute approximate surface area is 173 Å². The van der Waals surface area contributed by atoms with Crippen molar-refractivity contribution < 1.29 is 22.7 Å². The van der Waals surface area contributed by atoms with Gasteiger partial charge in [-0.15, -0.1) is 0 Å². The van der Waals surface area contributed by atoms with E-state index >= 15 is 0 Å². The van der Waals surface area contributed by atoms with Crippen molar-refractivity contribution in [2.75, 3.05) is 11.9 Å². The lowest BCUT2D eigenvalue weighted by atomic mass is 10.1. The van der Waals surface area contributed by atoms with Gasteiger partial charge in [0.2, 0.25) is 0 Å². The Balaban J connectivity index is 1.61. The maximum atomic E-state index is 12.4. The van der Waals surface area contributed by atoms with Crippen molar-refractivity contribution in [1.82, 2.24) is 15.2 Å². The Kier molecular flexibility index (Phi) is 6.58. The second kappa shape index (κ2) is 9.32. The van der Waals surface area contributed by atoms with E-state index in [2.05, 4.69) is 25.2 Å². The summed E-state index contributed by atoms with van der Waals surface area (Å²) >= 11 is 1.47. The first-order chi connectivity index (χ1) is 14.3. The SMILES string of the molecule is N#Cc1cc(NC(=O)c2ccc(CSc3ncn[nH]3)cc2)ccc1OCC(F)(F)F. The quantitative estimate of drug-likeness (QED) is 0.542. The molecular weight excluding hydrogens is 419 g/mol. The molecule has 0 spiro atoms. The second-order valence-electron chi connectivity index (χ2n) is 5.96. The molecule has 0 aliphatic carbocycles. The van der Waals surface area contributed by atoms with E-state index in [1.54, 1.807) is 30.3 Å². The number of aromatic amines is 1. The van der Waals surface area contributed by atoms with E-state index in [1.807, 2.05) is 0 Å². The van der Waals surface area contributed by atoms with E-state index in [0.717, 1.165) is 5.56 Å². The monoisotopic (exact) mass is 433 g/mol. The van der Waals surface area contributed by atoms with Crippen LogP contribution in [0.4, 0.5) is 18.9 Å². The van der Waals surface area contributed by atoms with Crippen molar-refractivity contribution in [3.63, 3.8) is 0 Å². The molecule has 0 aliphatic rings. The highest BCUT2D eigenvalue weighted by atomic mass is 32.2. The van der Waals surface area contributed by atoms with Crippen LogP contribution >= 0.6 is 11.8 Å². The molecule has 0 fully saturated rings. The van der Waals surface area contributed by atoms with Gasteiger partial charge in [0, 0.05) is 17.0 Å². The van der Waals surface area contributed by atoms with Gasteiger partial charge >= 0.3 is 6.18 Å². The van der Waals surface area contributed by atoms with Gasteiger partial charge in [0.25, 0.3) is 5.91 Å². The molecule has 2 N–H and O–H groups in total. The first-order valence-electron chi connectivity index (χ1n) is 8.46. The maximum absolute atomic E-state index is 12.4. The summed E-state index contributed by atoms with van der Waals surface area (Å²) in [6.45, 7) is -1.51. The minimum atomic E-state index is -4.51. The molecule has 0 bridgehead atoms. The zero-order valence-corrected chi connectivity index (χ0v) is 16.0.